The fraction of sp³-hybridized carbons (Fsp3) is 0.0870. The molecule has 6 aromatic carbocycles. The Morgan fingerprint density at radius 3 is 1.11 bits per heavy atom. The molecule has 0 spiro atoms. The van der Waals surface area contributed by atoms with Crippen molar-refractivity contribution in [1.82, 2.24) is 0 Å². The summed E-state index contributed by atoms with van der Waals surface area (Å²) in [5.74, 6) is 2.93. The van der Waals surface area contributed by atoms with Crippen molar-refractivity contribution in [3.8, 4) is 23.0 Å². The molecule has 0 atom stereocenters. The largest absolute Gasteiger partial charge is 0.457 e. The van der Waals surface area contributed by atoms with Crippen molar-refractivity contribution in [2.75, 3.05) is 10.6 Å². The molecule has 0 bridgehead atoms. The van der Waals surface area contributed by atoms with Gasteiger partial charge in [0.15, 0.2) is 0 Å². The van der Waals surface area contributed by atoms with Crippen molar-refractivity contribution in [2.45, 2.75) is 27.7 Å². The van der Waals surface area contributed by atoms with Crippen molar-refractivity contribution >= 4 is 45.5 Å². The molecule has 0 fully saturated rings. The Balaban J connectivity index is 1.22. The summed E-state index contributed by atoms with van der Waals surface area (Å²) in [5, 5.41) is 25.8. The molecule has 10 nitrogen and oxygen atoms in total. The van der Waals surface area contributed by atoms with E-state index in [1.807, 2.05) is 185 Å². The summed E-state index contributed by atoms with van der Waals surface area (Å²) in [6.45, 7) is 7.75. The Hall–Kier alpha value is -7.46. The van der Waals surface area contributed by atoms with Crippen LogP contribution in [0.4, 0.5) is 34.1 Å². The number of hydrogen-bond donors (Lipinski definition) is 2. The second-order valence-electron chi connectivity index (χ2n) is 12.8. The molecule has 276 valence electrons. The van der Waals surface area contributed by atoms with E-state index in [0.717, 1.165) is 34.3 Å². The molecule has 6 aromatic rings. The molecule has 0 radical (unpaired) electrons. The van der Waals surface area contributed by atoms with Gasteiger partial charge >= 0.3 is 0 Å². The molecule has 10 heteroatoms. The summed E-state index contributed by atoms with van der Waals surface area (Å²) >= 11 is 0. The number of hydrogen-bond acceptors (Lipinski definition) is 10. The molecule has 0 saturated carbocycles. The highest BCUT2D eigenvalue weighted by atomic mass is 16.5. The minimum Gasteiger partial charge on any atom is -0.457 e. The van der Waals surface area contributed by atoms with Crippen molar-refractivity contribution in [3.63, 3.8) is 0 Å². The number of azo groups is 2. The number of aliphatic imine (C=N–C) groups is 2. The molecule has 1 heterocycles. The van der Waals surface area contributed by atoms with E-state index in [-0.39, 0.29) is 0 Å². The molecule has 2 N–H and O–H groups in total. The lowest BCUT2D eigenvalue weighted by Gasteiger charge is -2.16. The zero-order chi connectivity index (χ0) is 38.7. The molecule has 0 aliphatic carbocycles. The Bertz CT molecular complexity index is 2310. The standard InChI is InChI=1S/C46H40N8O2/c1-31-45(53-51-35-23-27-39(28-24-35)55-37-15-7-5-8-16-37)32(2)48-43-21-13-14-22-44(43)50-34(4)46(33(3)49-42-20-12-11-19-41(42)47-31)54-52-36-25-29-40(30-26-36)56-38-17-9-6-10-18-38/h5-30,47,50H,1-4H3/b45-31+,46-34+,48-32?,49-33?,53-51?,54-52?. The zero-order valence-electron chi connectivity index (χ0n) is 31.5. The van der Waals surface area contributed by atoms with Crippen LogP contribution in [0.5, 0.6) is 23.0 Å². The minimum absolute atomic E-state index is 0.582. The highest BCUT2D eigenvalue weighted by molar-refractivity contribution is 6.03. The van der Waals surface area contributed by atoms with Gasteiger partial charge in [-0.15, -0.1) is 10.2 Å². The molecule has 0 saturated heterocycles. The number of allylic oxidation sites excluding steroid dienone is 4. The molecule has 7 rings (SSSR count). The van der Waals surface area contributed by atoms with Crippen LogP contribution in [0.15, 0.2) is 211 Å². The maximum absolute atomic E-state index is 5.96. The van der Waals surface area contributed by atoms with Crippen molar-refractivity contribution < 1.29 is 9.47 Å². The van der Waals surface area contributed by atoms with Crippen LogP contribution in [-0.4, -0.2) is 11.4 Å². The molecule has 0 aromatic heterocycles. The Morgan fingerprint density at radius 2 is 0.714 bits per heavy atom. The van der Waals surface area contributed by atoms with Gasteiger partial charge < -0.3 is 20.1 Å². The van der Waals surface area contributed by atoms with Gasteiger partial charge in [0.05, 0.1) is 45.5 Å². The SMILES string of the molecule is CC1=Nc2ccccc2N/C(C)=C(/N=Nc2ccc(Oc3ccccc3)cc2)C(C)=Nc2ccccc2N/C(C)=C\1N=Nc1ccc(Oc2ccccc2)cc1. The number of nitrogens with one attached hydrogen (secondary N) is 2. The average molecular weight is 737 g/mol. The topological polar surface area (TPSA) is 117 Å². The predicted octanol–water partition coefficient (Wildman–Crippen LogP) is 14.0. The van der Waals surface area contributed by atoms with E-state index in [4.69, 9.17) is 29.7 Å². The first-order chi connectivity index (χ1) is 27.4. The van der Waals surface area contributed by atoms with E-state index in [1.165, 1.54) is 0 Å². The Kier molecular flexibility index (Phi) is 11.6. The summed E-state index contributed by atoms with van der Waals surface area (Å²) in [6, 6.07) is 49.9. The first kappa shape index (κ1) is 36.9. The van der Waals surface area contributed by atoms with Crippen molar-refractivity contribution in [1.29, 1.82) is 0 Å². The van der Waals surface area contributed by atoms with E-state index in [2.05, 4.69) is 20.9 Å². The molecule has 1 aliphatic heterocycles. The van der Waals surface area contributed by atoms with Crippen LogP contribution in [-0.2, 0) is 0 Å². The van der Waals surface area contributed by atoms with Crippen LogP contribution < -0.4 is 20.1 Å². The average Bonchev–Trinajstić information content (AvgIpc) is 3.21. The van der Waals surface area contributed by atoms with Gasteiger partial charge in [0, 0.05) is 11.4 Å². The third kappa shape index (κ3) is 9.55. The van der Waals surface area contributed by atoms with E-state index in [9.17, 15) is 0 Å². The Labute approximate surface area is 326 Å². The van der Waals surface area contributed by atoms with E-state index in [1.54, 1.807) is 0 Å². The molecule has 56 heavy (non-hydrogen) atoms. The Morgan fingerprint density at radius 1 is 0.375 bits per heavy atom. The highest BCUT2D eigenvalue weighted by Gasteiger charge is 2.15. The summed E-state index contributed by atoms with van der Waals surface area (Å²) in [6.07, 6.45) is 0. The predicted molar refractivity (Wildman–Crippen MR) is 226 cm³/mol. The van der Waals surface area contributed by atoms with Gasteiger partial charge in [0.25, 0.3) is 0 Å². The first-order valence-electron chi connectivity index (χ1n) is 18.1. The van der Waals surface area contributed by atoms with Gasteiger partial charge in [-0.3, -0.25) is 0 Å². The number of fused-ring (bicyclic) bond motifs is 2. The quantitative estimate of drug-likeness (QED) is 0.151. The lowest BCUT2D eigenvalue weighted by atomic mass is 10.2. The smallest absolute Gasteiger partial charge is 0.127 e. The summed E-state index contributed by atoms with van der Waals surface area (Å²) < 4.78 is 11.9. The molecule has 1 aliphatic rings. The van der Waals surface area contributed by atoms with Crippen LogP contribution in [0.3, 0.4) is 0 Å². The van der Waals surface area contributed by atoms with Gasteiger partial charge in [-0.25, -0.2) is 9.98 Å². The van der Waals surface area contributed by atoms with Gasteiger partial charge in [0.2, 0.25) is 0 Å². The zero-order valence-corrected chi connectivity index (χ0v) is 31.5. The van der Waals surface area contributed by atoms with Crippen molar-refractivity contribution in [2.24, 2.45) is 30.4 Å². The van der Waals surface area contributed by atoms with Crippen molar-refractivity contribution in [3.05, 3.63) is 181 Å². The second-order valence-corrected chi connectivity index (χ2v) is 12.8. The van der Waals surface area contributed by atoms with Crippen LogP contribution in [0, 0.1) is 0 Å². The fourth-order valence-corrected chi connectivity index (χ4v) is 5.81. The van der Waals surface area contributed by atoms with Crippen LogP contribution in [0.1, 0.15) is 27.7 Å². The number of anilines is 2. The highest BCUT2D eigenvalue weighted by Crippen LogP contribution is 2.33. The third-order valence-electron chi connectivity index (χ3n) is 8.59. The number of nitrogens with zero attached hydrogens (tertiary/aromatic N) is 6. The van der Waals surface area contributed by atoms with Crippen LogP contribution in [0.2, 0.25) is 0 Å². The van der Waals surface area contributed by atoms with Crippen LogP contribution in [0.25, 0.3) is 0 Å². The normalized spacial score (nSPS) is 16.1. The van der Waals surface area contributed by atoms with Gasteiger partial charge in [0.1, 0.15) is 34.4 Å². The summed E-state index contributed by atoms with van der Waals surface area (Å²) in [7, 11) is 0. The van der Waals surface area contributed by atoms with Gasteiger partial charge in [-0.1, -0.05) is 60.7 Å². The minimum atomic E-state index is 0.582. The lowest BCUT2D eigenvalue weighted by Crippen LogP contribution is -2.08. The summed E-state index contributed by atoms with van der Waals surface area (Å²) in [4.78, 5) is 10.1. The van der Waals surface area contributed by atoms with E-state index >= 15 is 0 Å². The summed E-state index contributed by atoms with van der Waals surface area (Å²) in [5.41, 5.74) is 8.29. The van der Waals surface area contributed by atoms with Gasteiger partial charge in [-0.2, -0.15) is 10.2 Å². The third-order valence-corrected chi connectivity index (χ3v) is 8.59. The monoisotopic (exact) mass is 736 g/mol. The van der Waals surface area contributed by atoms with Crippen LogP contribution >= 0.6 is 0 Å². The molecular weight excluding hydrogens is 697 g/mol. The maximum atomic E-state index is 5.96. The number of benzene rings is 6. The van der Waals surface area contributed by atoms with E-state index in [0.29, 0.717) is 57.1 Å². The maximum Gasteiger partial charge on any atom is 0.127 e. The number of rotatable bonds is 8. The van der Waals surface area contributed by atoms with E-state index < -0.39 is 0 Å². The number of para-hydroxylation sites is 6. The fourth-order valence-electron chi connectivity index (χ4n) is 5.81. The molecule has 0 amide bonds. The second kappa shape index (κ2) is 17.6. The number of ether oxygens (including phenoxy) is 2. The first-order valence-corrected chi connectivity index (χ1v) is 18.1. The van der Waals surface area contributed by atoms with Gasteiger partial charge in [-0.05, 0) is 125 Å². The lowest BCUT2D eigenvalue weighted by molar-refractivity contribution is 0.482. The molecule has 0 unspecified atom stereocenters. The molecular formula is C46H40N8O2.